The number of amides is 1. The van der Waals surface area contributed by atoms with Crippen LogP contribution >= 0.6 is 15.9 Å². The van der Waals surface area contributed by atoms with E-state index in [0.717, 1.165) is 12.8 Å². The molecule has 1 fully saturated rings. The van der Waals surface area contributed by atoms with E-state index in [-0.39, 0.29) is 17.7 Å². The van der Waals surface area contributed by atoms with Gasteiger partial charge in [0, 0.05) is 18.7 Å². The Bertz CT molecular complexity index is 630. The molecular formula is C16H22BrN3O4. The minimum absolute atomic E-state index is 0.0209. The molecule has 1 unspecified atom stereocenters. The molecule has 1 atom stereocenters. The third-order valence-corrected chi connectivity index (χ3v) is 4.24. The van der Waals surface area contributed by atoms with Crippen molar-refractivity contribution in [2.75, 3.05) is 13.1 Å². The van der Waals surface area contributed by atoms with Crippen molar-refractivity contribution in [3.63, 3.8) is 0 Å². The molecule has 0 aromatic carbocycles. The Kier molecular flexibility index (Phi) is 5.79. The van der Waals surface area contributed by atoms with E-state index in [1.54, 1.807) is 11.0 Å². The molecular weight excluding hydrogens is 378 g/mol. The van der Waals surface area contributed by atoms with Crippen molar-refractivity contribution in [2.45, 2.75) is 45.6 Å². The van der Waals surface area contributed by atoms with E-state index in [0.29, 0.717) is 29.7 Å². The smallest absolute Gasteiger partial charge is 0.410 e. The van der Waals surface area contributed by atoms with Gasteiger partial charge in [0.2, 0.25) is 0 Å². The zero-order valence-corrected chi connectivity index (χ0v) is 15.7. The summed E-state index contributed by atoms with van der Waals surface area (Å²) in [5.74, 6) is 0.166. The number of carbonyl (C=O) groups is 1. The summed E-state index contributed by atoms with van der Waals surface area (Å²) in [7, 11) is 0. The van der Waals surface area contributed by atoms with Crippen molar-refractivity contribution in [3.05, 3.63) is 32.5 Å². The van der Waals surface area contributed by atoms with Gasteiger partial charge in [0.25, 0.3) is 5.69 Å². The molecule has 0 aliphatic carbocycles. The van der Waals surface area contributed by atoms with Crippen LogP contribution in [0.5, 0.6) is 0 Å². The first kappa shape index (κ1) is 18.6. The van der Waals surface area contributed by atoms with Gasteiger partial charge in [-0.05, 0) is 67.9 Å². The highest BCUT2D eigenvalue weighted by Gasteiger charge is 2.29. The standard InChI is InChI=1S/C16H22BrN3O4/c1-16(2,3)24-15(21)19-6-4-5-11(10-19)7-12-8-14(17)18-9-13(12)20(22)23/h8-9,11H,4-7,10H2,1-3H3. The molecule has 1 saturated heterocycles. The van der Waals surface area contributed by atoms with Crippen LogP contribution in [0.2, 0.25) is 0 Å². The van der Waals surface area contributed by atoms with Gasteiger partial charge in [-0.15, -0.1) is 0 Å². The van der Waals surface area contributed by atoms with E-state index in [1.807, 2.05) is 20.8 Å². The third-order valence-electron chi connectivity index (χ3n) is 3.81. The third kappa shape index (κ3) is 5.15. The number of hydrogen-bond acceptors (Lipinski definition) is 5. The second-order valence-corrected chi connectivity index (χ2v) is 7.84. The molecule has 0 radical (unpaired) electrons. The molecule has 0 N–H and O–H groups in total. The summed E-state index contributed by atoms with van der Waals surface area (Å²) < 4.78 is 5.99. The van der Waals surface area contributed by atoms with Crippen molar-refractivity contribution in [1.82, 2.24) is 9.88 Å². The summed E-state index contributed by atoms with van der Waals surface area (Å²) in [6.07, 6.45) is 3.28. The molecule has 2 rings (SSSR count). The van der Waals surface area contributed by atoms with E-state index in [1.165, 1.54) is 6.20 Å². The first-order chi connectivity index (χ1) is 11.2. The predicted octanol–water partition coefficient (Wildman–Crippen LogP) is 3.94. The number of nitrogens with zero attached hydrogens (tertiary/aromatic N) is 3. The number of likely N-dealkylation sites (tertiary alicyclic amines) is 1. The van der Waals surface area contributed by atoms with Gasteiger partial charge in [-0.2, -0.15) is 0 Å². The Morgan fingerprint density at radius 3 is 2.88 bits per heavy atom. The van der Waals surface area contributed by atoms with E-state index in [9.17, 15) is 14.9 Å². The fourth-order valence-corrected chi connectivity index (χ4v) is 3.20. The summed E-state index contributed by atoms with van der Waals surface area (Å²) >= 11 is 3.26. The van der Waals surface area contributed by atoms with Gasteiger partial charge < -0.3 is 9.64 Å². The van der Waals surface area contributed by atoms with Crippen molar-refractivity contribution in [2.24, 2.45) is 5.92 Å². The fourth-order valence-electron chi connectivity index (χ4n) is 2.82. The van der Waals surface area contributed by atoms with E-state index in [4.69, 9.17) is 4.74 Å². The maximum atomic E-state index is 12.2. The second-order valence-electron chi connectivity index (χ2n) is 7.03. The molecule has 0 spiro atoms. The number of halogens is 1. The summed E-state index contributed by atoms with van der Waals surface area (Å²) in [6.45, 7) is 6.72. The number of piperidine rings is 1. The van der Waals surface area contributed by atoms with Crippen molar-refractivity contribution >= 4 is 27.7 Å². The summed E-state index contributed by atoms with van der Waals surface area (Å²) in [4.78, 5) is 28.6. The van der Waals surface area contributed by atoms with Crippen LogP contribution in [0.4, 0.5) is 10.5 Å². The molecule has 0 saturated carbocycles. The zero-order chi connectivity index (χ0) is 17.9. The second kappa shape index (κ2) is 7.46. The number of rotatable bonds is 3. The average molecular weight is 400 g/mol. The van der Waals surface area contributed by atoms with Gasteiger partial charge in [-0.3, -0.25) is 10.1 Å². The monoisotopic (exact) mass is 399 g/mol. The number of carbonyl (C=O) groups excluding carboxylic acids is 1. The average Bonchev–Trinajstić information content (AvgIpc) is 2.45. The molecule has 1 aliphatic heterocycles. The Hall–Kier alpha value is -1.70. The molecule has 1 aromatic rings. The van der Waals surface area contributed by atoms with Gasteiger partial charge >= 0.3 is 6.09 Å². The molecule has 1 aromatic heterocycles. The SMILES string of the molecule is CC(C)(C)OC(=O)N1CCCC(Cc2cc(Br)ncc2[N+](=O)[O-])C1. The molecule has 24 heavy (non-hydrogen) atoms. The maximum absolute atomic E-state index is 12.2. The lowest BCUT2D eigenvalue weighted by atomic mass is 9.91. The van der Waals surface area contributed by atoms with Crippen molar-refractivity contribution in [3.8, 4) is 0 Å². The topological polar surface area (TPSA) is 85.6 Å². The Morgan fingerprint density at radius 1 is 1.54 bits per heavy atom. The van der Waals surface area contributed by atoms with Crippen molar-refractivity contribution < 1.29 is 14.5 Å². The number of hydrogen-bond donors (Lipinski definition) is 0. The van der Waals surface area contributed by atoms with Crippen molar-refractivity contribution in [1.29, 1.82) is 0 Å². The summed E-state index contributed by atoms with van der Waals surface area (Å²) in [5, 5.41) is 11.2. The van der Waals surface area contributed by atoms with Gasteiger partial charge in [0.1, 0.15) is 16.4 Å². The van der Waals surface area contributed by atoms with Crippen LogP contribution in [-0.2, 0) is 11.2 Å². The lowest BCUT2D eigenvalue weighted by Gasteiger charge is -2.34. The highest BCUT2D eigenvalue weighted by molar-refractivity contribution is 9.10. The maximum Gasteiger partial charge on any atom is 0.410 e. The summed E-state index contributed by atoms with van der Waals surface area (Å²) in [6, 6.07) is 1.69. The highest BCUT2D eigenvalue weighted by atomic mass is 79.9. The van der Waals surface area contributed by atoms with Crippen LogP contribution in [-0.4, -0.2) is 39.6 Å². The molecule has 132 valence electrons. The number of pyridine rings is 1. The van der Waals surface area contributed by atoms with E-state index in [2.05, 4.69) is 20.9 Å². The van der Waals surface area contributed by atoms with Crippen LogP contribution in [0.15, 0.2) is 16.9 Å². The Balaban J connectivity index is 2.07. The minimum atomic E-state index is -0.529. The lowest BCUT2D eigenvalue weighted by Crippen LogP contribution is -2.43. The first-order valence-electron chi connectivity index (χ1n) is 7.92. The first-order valence-corrected chi connectivity index (χ1v) is 8.72. The number of ether oxygens (including phenoxy) is 1. The van der Waals surface area contributed by atoms with Gasteiger partial charge in [0.05, 0.1) is 4.92 Å². The Morgan fingerprint density at radius 2 is 2.25 bits per heavy atom. The predicted molar refractivity (Wildman–Crippen MR) is 92.8 cm³/mol. The molecule has 1 aliphatic rings. The zero-order valence-electron chi connectivity index (χ0n) is 14.1. The lowest BCUT2D eigenvalue weighted by molar-refractivity contribution is -0.386. The molecule has 8 heteroatoms. The van der Waals surface area contributed by atoms with Gasteiger partial charge in [0.15, 0.2) is 0 Å². The van der Waals surface area contributed by atoms with Crippen LogP contribution in [0.25, 0.3) is 0 Å². The number of aromatic nitrogens is 1. The fraction of sp³-hybridized carbons (Fsp3) is 0.625. The minimum Gasteiger partial charge on any atom is -0.444 e. The van der Waals surface area contributed by atoms with Gasteiger partial charge in [-0.1, -0.05) is 0 Å². The largest absolute Gasteiger partial charge is 0.444 e. The van der Waals surface area contributed by atoms with Crippen LogP contribution < -0.4 is 0 Å². The Labute approximate surface area is 149 Å². The quantitative estimate of drug-likeness (QED) is 0.436. The van der Waals surface area contributed by atoms with E-state index < -0.39 is 10.5 Å². The van der Waals surface area contributed by atoms with Crippen LogP contribution in [0.3, 0.4) is 0 Å². The van der Waals surface area contributed by atoms with Crippen LogP contribution in [0, 0.1) is 16.0 Å². The molecule has 0 bridgehead atoms. The van der Waals surface area contributed by atoms with Gasteiger partial charge in [-0.25, -0.2) is 9.78 Å². The highest BCUT2D eigenvalue weighted by Crippen LogP contribution is 2.28. The number of nitro groups is 1. The van der Waals surface area contributed by atoms with Crippen LogP contribution in [0.1, 0.15) is 39.2 Å². The molecule has 7 nitrogen and oxygen atoms in total. The van der Waals surface area contributed by atoms with E-state index >= 15 is 0 Å². The molecule has 2 heterocycles. The molecule has 1 amide bonds. The normalized spacial score (nSPS) is 18.3. The summed E-state index contributed by atoms with van der Waals surface area (Å²) in [5.41, 5.74) is 0.129.